The Morgan fingerprint density at radius 2 is 1.66 bits per heavy atom. The van der Waals surface area contributed by atoms with Crippen molar-refractivity contribution in [1.29, 1.82) is 0 Å². The normalized spacial score (nSPS) is 18.8. The minimum absolute atomic E-state index is 0.0440. The van der Waals surface area contributed by atoms with Crippen molar-refractivity contribution in [3.8, 4) is 0 Å². The Morgan fingerprint density at radius 1 is 1.07 bits per heavy atom. The molecule has 0 spiro atoms. The maximum Gasteiger partial charge on any atom is 0.508 e. The zero-order valence-corrected chi connectivity index (χ0v) is 18.9. The van der Waals surface area contributed by atoms with Crippen molar-refractivity contribution in [2.24, 2.45) is 0 Å². The Balaban J connectivity index is 0.000000419. The summed E-state index contributed by atoms with van der Waals surface area (Å²) in [6, 6.07) is 8.16. The number of benzene rings is 1. The number of rotatable bonds is 6. The SMILES string of the molecule is CCC(C)OC(=O)OC.COC(C)CC(C)=O.COC1OC(C)c2ccccc21. The molecule has 0 saturated heterocycles. The Hall–Kier alpha value is -1.96. The first kappa shape index (κ1) is 27.0. The summed E-state index contributed by atoms with van der Waals surface area (Å²) in [7, 11) is 4.57. The fourth-order valence-corrected chi connectivity index (χ4v) is 2.39. The van der Waals surface area contributed by atoms with E-state index in [0.717, 1.165) is 12.0 Å². The summed E-state index contributed by atoms with van der Waals surface area (Å²) in [5.41, 5.74) is 2.40. The first-order valence-electron chi connectivity index (χ1n) is 9.73. The summed E-state index contributed by atoms with van der Waals surface area (Å²) in [5.74, 6) is 0.180. The molecule has 1 heterocycles. The molecule has 166 valence electrons. The lowest BCUT2D eigenvalue weighted by Crippen LogP contribution is -2.13. The minimum atomic E-state index is -0.607. The van der Waals surface area contributed by atoms with Gasteiger partial charge < -0.3 is 23.7 Å². The molecule has 4 unspecified atom stereocenters. The molecule has 7 heteroatoms. The number of hydrogen-bond donors (Lipinski definition) is 0. The van der Waals surface area contributed by atoms with Crippen LogP contribution in [-0.4, -0.2) is 45.5 Å². The molecule has 1 aromatic rings. The van der Waals surface area contributed by atoms with Crippen molar-refractivity contribution in [2.75, 3.05) is 21.3 Å². The van der Waals surface area contributed by atoms with Crippen molar-refractivity contribution in [2.45, 2.75) is 72.1 Å². The average Bonchev–Trinajstić information content (AvgIpc) is 3.04. The van der Waals surface area contributed by atoms with Gasteiger partial charge in [-0.3, -0.25) is 4.79 Å². The predicted octanol–water partition coefficient (Wildman–Crippen LogP) is 4.99. The molecular weight excluding hydrogens is 376 g/mol. The van der Waals surface area contributed by atoms with Crippen molar-refractivity contribution in [1.82, 2.24) is 0 Å². The summed E-state index contributed by atoms with van der Waals surface area (Å²) < 4.78 is 24.5. The topological polar surface area (TPSA) is 80.3 Å². The molecule has 0 aromatic heterocycles. The number of carbonyl (C=O) groups excluding carboxylic acids is 2. The van der Waals surface area contributed by atoms with Crippen molar-refractivity contribution in [3.05, 3.63) is 35.4 Å². The molecule has 0 radical (unpaired) electrons. The third-order valence-electron chi connectivity index (χ3n) is 4.25. The Kier molecular flexibility index (Phi) is 13.9. The van der Waals surface area contributed by atoms with Gasteiger partial charge in [0.25, 0.3) is 0 Å². The number of hydrogen-bond acceptors (Lipinski definition) is 7. The molecular formula is C22H36O7. The molecule has 7 nitrogen and oxygen atoms in total. The van der Waals surface area contributed by atoms with Crippen LogP contribution in [0.1, 0.15) is 71.0 Å². The van der Waals surface area contributed by atoms with Crippen LogP contribution in [-0.2, 0) is 28.5 Å². The molecule has 4 atom stereocenters. The summed E-state index contributed by atoms with van der Waals surface area (Å²) in [6.45, 7) is 9.24. The molecule has 1 aliphatic rings. The first-order valence-corrected chi connectivity index (χ1v) is 9.73. The van der Waals surface area contributed by atoms with Gasteiger partial charge in [0.15, 0.2) is 6.29 Å². The fraction of sp³-hybridized carbons (Fsp3) is 0.636. The highest BCUT2D eigenvalue weighted by Gasteiger charge is 2.27. The van der Waals surface area contributed by atoms with E-state index in [1.54, 1.807) is 21.1 Å². The smallest absolute Gasteiger partial charge is 0.438 e. The van der Waals surface area contributed by atoms with Gasteiger partial charge in [-0.15, -0.1) is 0 Å². The Bertz CT molecular complexity index is 603. The maximum atomic E-state index is 10.3. The third kappa shape index (κ3) is 11.0. The lowest BCUT2D eigenvalue weighted by Gasteiger charge is -2.08. The lowest BCUT2D eigenvalue weighted by atomic mass is 10.1. The summed E-state index contributed by atoms with van der Waals surface area (Å²) in [4.78, 5) is 20.7. The number of carbonyl (C=O) groups is 2. The van der Waals surface area contributed by atoms with E-state index in [-0.39, 0.29) is 30.4 Å². The van der Waals surface area contributed by atoms with Gasteiger partial charge in [0.1, 0.15) is 11.9 Å². The molecule has 0 fully saturated rings. The first-order chi connectivity index (χ1) is 13.7. The highest BCUT2D eigenvalue weighted by atomic mass is 16.7. The predicted molar refractivity (Wildman–Crippen MR) is 111 cm³/mol. The highest BCUT2D eigenvalue weighted by molar-refractivity contribution is 5.75. The zero-order chi connectivity index (χ0) is 22.4. The molecule has 1 aromatic carbocycles. The number of ether oxygens (including phenoxy) is 5. The van der Waals surface area contributed by atoms with E-state index in [1.165, 1.54) is 12.7 Å². The minimum Gasteiger partial charge on any atom is -0.438 e. The zero-order valence-electron chi connectivity index (χ0n) is 18.9. The largest absolute Gasteiger partial charge is 0.508 e. The van der Waals surface area contributed by atoms with E-state index >= 15 is 0 Å². The van der Waals surface area contributed by atoms with Gasteiger partial charge in [-0.05, 0) is 39.7 Å². The van der Waals surface area contributed by atoms with Gasteiger partial charge in [0.05, 0.1) is 19.3 Å². The summed E-state index contributed by atoms with van der Waals surface area (Å²) in [5, 5.41) is 0. The number of fused-ring (bicyclic) bond motifs is 1. The van der Waals surface area contributed by atoms with Crippen LogP contribution in [0.15, 0.2) is 24.3 Å². The Morgan fingerprint density at radius 3 is 2.07 bits per heavy atom. The standard InChI is InChI=1S/C10H12O2.C6H12O3.C6H12O2/c1-7-8-5-3-4-6-9(8)10(11-2)12-7;1-4-5(2)9-6(7)8-3;1-5(7)4-6(2)8-3/h3-7,10H,1-2H3;5H,4H2,1-3H3;6H,4H2,1-3H3. The van der Waals surface area contributed by atoms with Crippen molar-refractivity contribution >= 4 is 11.9 Å². The lowest BCUT2D eigenvalue weighted by molar-refractivity contribution is -0.137. The number of methoxy groups -OCH3 is 3. The van der Waals surface area contributed by atoms with Gasteiger partial charge >= 0.3 is 6.16 Å². The van der Waals surface area contributed by atoms with Crippen molar-refractivity contribution in [3.63, 3.8) is 0 Å². The van der Waals surface area contributed by atoms with Gasteiger partial charge in [-0.1, -0.05) is 31.2 Å². The summed E-state index contributed by atoms with van der Waals surface area (Å²) in [6.07, 6.45) is 0.752. The van der Waals surface area contributed by atoms with Crippen LogP contribution >= 0.6 is 0 Å². The maximum absolute atomic E-state index is 10.3. The van der Waals surface area contributed by atoms with E-state index in [2.05, 4.69) is 15.5 Å². The van der Waals surface area contributed by atoms with E-state index in [4.69, 9.17) is 14.2 Å². The Labute approximate surface area is 174 Å². The van der Waals surface area contributed by atoms with Crippen LogP contribution in [0.4, 0.5) is 4.79 Å². The van der Waals surface area contributed by atoms with Crippen LogP contribution in [0, 0.1) is 0 Å². The van der Waals surface area contributed by atoms with E-state index in [0.29, 0.717) is 6.42 Å². The van der Waals surface area contributed by atoms with Crippen LogP contribution < -0.4 is 0 Å². The third-order valence-corrected chi connectivity index (χ3v) is 4.25. The van der Waals surface area contributed by atoms with Crippen LogP contribution in [0.25, 0.3) is 0 Å². The van der Waals surface area contributed by atoms with Gasteiger partial charge in [0.2, 0.25) is 0 Å². The molecule has 1 aliphatic heterocycles. The molecule has 0 amide bonds. The van der Waals surface area contributed by atoms with Gasteiger partial charge in [-0.25, -0.2) is 4.79 Å². The van der Waals surface area contributed by atoms with Crippen LogP contribution in [0.5, 0.6) is 0 Å². The van der Waals surface area contributed by atoms with Crippen LogP contribution in [0.2, 0.25) is 0 Å². The highest BCUT2D eigenvalue weighted by Crippen LogP contribution is 2.38. The quantitative estimate of drug-likeness (QED) is 0.609. The van der Waals surface area contributed by atoms with Crippen molar-refractivity contribution < 1.29 is 33.3 Å². The second-order valence-corrected chi connectivity index (χ2v) is 6.72. The number of Topliss-reactive ketones (excluding diaryl/α,β-unsaturated/α-hetero) is 1. The molecule has 0 bridgehead atoms. The molecule has 0 N–H and O–H groups in total. The molecule has 2 rings (SSSR count). The fourth-order valence-electron chi connectivity index (χ4n) is 2.39. The van der Waals surface area contributed by atoms with E-state index in [9.17, 15) is 9.59 Å². The molecule has 29 heavy (non-hydrogen) atoms. The van der Waals surface area contributed by atoms with Crippen LogP contribution in [0.3, 0.4) is 0 Å². The van der Waals surface area contributed by atoms with E-state index in [1.807, 2.05) is 45.9 Å². The van der Waals surface area contributed by atoms with Gasteiger partial charge in [-0.2, -0.15) is 0 Å². The number of ketones is 1. The second kappa shape index (κ2) is 15.0. The molecule has 0 aliphatic carbocycles. The second-order valence-electron chi connectivity index (χ2n) is 6.72. The average molecular weight is 413 g/mol. The van der Waals surface area contributed by atoms with Gasteiger partial charge in [0, 0.05) is 26.2 Å². The molecule has 0 saturated carbocycles. The monoisotopic (exact) mass is 412 g/mol. The van der Waals surface area contributed by atoms with E-state index < -0.39 is 6.16 Å². The summed E-state index contributed by atoms with van der Waals surface area (Å²) >= 11 is 0.